The largest absolute Gasteiger partial charge is 0.394 e. The maximum absolute atomic E-state index is 11.4. The lowest BCUT2D eigenvalue weighted by Gasteiger charge is -2.16. The molecule has 1 rings (SSSR count). The summed E-state index contributed by atoms with van der Waals surface area (Å²) < 4.78 is 0. The van der Waals surface area contributed by atoms with Crippen LogP contribution in [0.2, 0.25) is 0 Å². The summed E-state index contributed by atoms with van der Waals surface area (Å²) in [5.41, 5.74) is 0. The third kappa shape index (κ3) is 4.62. The van der Waals surface area contributed by atoms with E-state index in [1.807, 2.05) is 6.92 Å². The minimum Gasteiger partial charge on any atom is -0.394 e. The molecule has 1 atom stereocenters. The minimum atomic E-state index is -0.0946. The van der Waals surface area contributed by atoms with Crippen molar-refractivity contribution in [3.63, 3.8) is 0 Å². The second-order valence-corrected chi connectivity index (χ2v) is 4.22. The van der Waals surface area contributed by atoms with Gasteiger partial charge in [-0.1, -0.05) is 19.8 Å². The number of carbonyl (C=O) groups is 1. The molecular formula is C11H22N2O2. The molecule has 1 aliphatic carbocycles. The Morgan fingerprint density at radius 2 is 2.13 bits per heavy atom. The molecule has 0 aromatic carbocycles. The van der Waals surface area contributed by atoms with Gasteiger partial charge in [0.25, 0.3) is 0 Å². The van der Waals surface area contributed by atoms with Crippen LogP contribution in [-0.2, 0) is 4.79 Å². The molecule has 0 bridgehead atoms. The van der Waals surface area contributed by atoms with E-state index in [0.717, 1.165) is 6.42 Å². The summed E-state index contributed by atoms with van der Waals surface area (Å²) in [4.78, 5) is 11.4. The van der Waals surface area contributed by atoms with E-state index in [4.69, 9.17) is 5.11 Å². The third-order valence-electron chi connectivity index (χ3n) is 2.98. The smallest absolute Gasteiger partial charge is 0.234 e. The molecule has 0 spiro atoms. The molecule has 0 aliphatic heterocycles. The van der Waals surface area contributed by atoms with Crippen LogP contribution in [-0.4, -0.2) is 36.2 Å². The van der Waals surface area contributed by atoms with Crippen molar-refractivity contribution < 1.29 is 9.90 Å². The van der Waals surface area contributed by atoms with Gasteiger partial charge in [-0.05, 0) is 19.3 Å². The fourth-order valence-corrected chi connectivity index (χ4v) is 1.92. The lowest BCUT2D eigenvalue weighted by atomic mass is 10.2. The van der Waals surface area contributed by atoms with E-state index in [-0.39, 0.29) is 18.6 Å². The SMILES string of the molecule is CC[C@H](CO)NC(=O)CNC1CCCC1. The maximum Gasteiger partial charge on any atom is 0.234 e. The Morgan fingerprint density at radius 1 is 1.47 bits per heavy atom. The highest BCUT2D eigenvalue weighted by molar-refractivity contribution is 5.78. The van der Waals surface area contributed by atoms with Gasteiger partial charge in [0.2, 0.25) is 5.91 Å². The van der Waals surface area contributed by atoms with E-state index in [2.05, 4.69) is 10.6 Å². The molecule has 0 unspecified atom stereocenters. The minimum absolute atomic E-state index is 0.0113. The van der Waals surface area contributed by atoms with Crippen LogP contribution >= 0.6 is 0 Å². The van der Waals surface area contributed by atoms with Crippen LogP contribution in [0, 0.1) is 0 Å². The number of carbonyl (C=O) groups excluding carboxylic acids is 1. The maximum atomic E-state index is 11.4. The lowest BCUT2D eigenvalue weighted by Crippen LogP contribution is -2.43. The van der Waals surface area contributed by atoms with Gasteiger partial charge >= 0.3 is 0 Å². The molecule has 0 heterocycles. The van der Waals surface area contributed by atoms with Crippen molar-refractivity contribution >= 4 is 5.91 Å². The Labute approximate surface area is 91.4 Å². The molecule has 0 radical (unpaired) electrons. The Bertz CT molecular complexity index is 187. The average Bonchev–Trinajstić information content (AvgIpc) is 2.75. The predicted octanol–water partition coefficient (Wildman–Crippen LogP) is 0.406. The fraction of sp³-hybridized carbons (Fsp3) is 0.909. The molecule has 0 aromatic rings. The molecule has 3 N–H and O–H groups in total. The number of rotatable bonds is 6. The quantitative estimate of drug-likeness (QED) is 0.600. The van der Waals surface area contributed by atoms with E-state index < -0.39 is 0 Å². The summed E-state index contributed by atoms with van der Waals surface area (Å²) in [6, 6.07) is 0.424. The third-order valence-corrected chi connectivity index (χ3v) is 2.98. The van der Waals surface area contributed by atoms with Crippen LogP contribution in [0.25, 0.3) is 0 Å². The monoisotopic (exact) mass is 214 g/mol. The molecular weight excluding hydrogens is 192 g/mol. The summed E-state index contributed by atoms with van der Waals surface area (Å²) in [6.45, 7) is 2.35. The summed E-state index contributed by atoms with van der Waals surface area (Å²) in [6.07, 6.45) is 5.68. The van der Waals surface area contributed by atoms with Gasteiger partial charge in [-0.15, -0.1) is 0 Å². The Hall–Kier alpha value is -0.610. The standard InChI is InChI=1S/C11H22N2O2/c1-2-9(8-14)13-11(15)7-12-10-5-3-4-6-10/h9-10,12,14H,2-8H2,1H3,(H,13,15)/t9-/m1/s1. The van der Waals surface area contributed by atoms with Gasteiger partial charge in [0.05, 0.1) is 19.2 Å². The first-order valence-corrected chi connectivity index (χ1v) is 5.89. The molecule has 1 saturated carbocycles. The van der Waals surface area contributed by atoms with Crippen molar-refractivity contribution in [3.05, 3.63) is 0 Å². The highest BCUT2D eigenvalue weighted by Gasteiger charge is 2.16. The van der Waals surface area contributed by atoms with Crippen LogP contribution in [0.15, 0.2) is 0 Å². The van der Waals surface area contributed by atoms with Crippen LogP contribution in [0.4, 0.5) is 0 Å². The summed E-state index contributed by atoms with van der Waals surface area (Å²) in [7, 11) is 0. The first-order chi connectivity index (χ1) is 7.26. The highest BCUT2D eigenvalue weighted by Crippen LogP contribution is 2.17. The van der Waals surface area contributed by atoms with E-state index in [9.17, 15) is 4.79 Å². The van der Waals surface area contributed by atoms with Gasteiger partial charge < -0.3 is 15.7 Å². The van der Waals surface area contributed by atoms with Crippen LogP contribution in [0.5, 0.6) is 0 Å². The summed E-state index contributed by atoms with van der Waals surface area (Å²) in [5.74, 6) is -0.0113. The van der Waals surface area contributed by atoms with Crippen molar-refractivity contribution in [3.8, 4) is 0 Å². The van der Waals surface area contributed by atoms with Gasteiger partial charge in [-0.25, -0.2) is 0 Å². The Kier molecular flexibility index (Phi) is 5.65. The molecule has 1 aliphatic rings. The number of hydrogen-bond donors (Lipinski definition) is 3. The van der Waals surface area contributed by atoms with E-state index in [1.54, 1.807) is 0 Å². The zero-order chi connectivity index (χ0) is 11.1. The van der Waals surface area contributed by atoms with Crippen LogP contribution in [0.3, 0.4) is 0 Å². The average molecular weight is 214 g/mol. The van der Waals surface area contributed by atoms with E-state index in [1.165, 1.54) is 25.7 Å². The molecule has 1 fully saturated rings. The van der Waals surface area contributed by atoms with Gasteiger partial charge in [0, 0.05) is 6.04 Å². The molecule has 1 amide bonds. The molecule has 0 saturated heterocycles. The Morgan fingerprint density at radius 3 is 2.67 bits per heavy atom. The van der Waals surface area contributed by atoms with Crippen molar-refractivity contribution in [2.24, 2.45) is 0 Å². The predicted molar refractivity (Wildman–Crippen MR) is 59.6 cm³/mol. The van der Waals surface area contributed by atoms with Gasteiger partial charge in [-0.3, -0.25) is 4.79 Å². The number of aliphatic hydroxyl groups excluding tert-OH is 1. The first kappa shape index (κ1) is 12.5. The molecule has 88 valence electrons. The van der Waals surface area contributed by atoms with Crippen molar-refractivity contribution in [2.75, 3.05) is 13.2 Å². The highest BCUT2D eigenvalue weighted by atomic mass is 16.3. The first-order valence-electron chi connectivity index (χ1n) is 5.89. The van der Waals surface area contributed by atoms with Gasteiger partial charge in [-0.2, -0.15) is 0 Å². The second-order valence-electron chi connectivity index (χ2n) is 4.22. The van der Waals surface area contributed by atoms with Crippen molar-refractivity contribution in [1.29, 1.82) is 0 Å². The van der Waals surface area contributed by atoms with Gasteiger partial charge in [0.1, 0.15) is 0 Å². The van der Waals surface area contributed by atoms with E-state index in [0.29, 0.717) is 12.6 Å². The Balaban J connectivity index is 2.11. The number of amides is 1. The normalized spacial score (nSPS) is 19.1. The topological polar surface area (TPSA) is 61.4 Å². The van der Waals surface area contributed by atoms with Crippen molar-refractivity contribution in [1.82, 2.24) is 10.6 Å². The number of aliphatic hydroxyl groups is 1. The van der Waals surface area contributed by atoms with Crippen molar-refractivity contribution in [2.45, 2.75) is 51.1 Å². The lowest BCUT2D eigenvalue weighted by molar-refractivity contribution is -0.121. The zero-order valence-corrected chi connectivity index (χ0v) is 9.46. The second kappa shape index (κ2) is 6.80. The summed E-state index contributed by atoms with van der Waals surface area (Å²) >= 11 is 0. The fourth-order valence-electron chi connectivity index (χ4n) is 1.92. The number of nitrogens with one attached hydrogen (secondary N) is 2. The van der Waals surface area contributed by atoms with Crippen LogP contribution < -0.4 is 10.6 Å². The summed E-state index contributed by atoms with van der Waals surface area (Å²) in [5, 5.41) is 14.9. The molecule has 4 nitrogen and oxygen atoms in total. The zero-order valence-electron chi connectivity index (χ0n) is 9.46. The number of hydrogen-bond acceptors (Lipinski definition) is 3. The molecule has 0 aromatic heterocycles. The molecule has 15 heavy (non-hydrogen) atoms. The van der Waals surface area contributed by atoms with Gasteiger partial charge in [0.15, 0.2) is 0 Å². The van der Waals surface area contributed by atoms with Crippen LogP contribution in [0.1, 0.15) is 39.0 Å². The van der Waals surface area contributed by atoms with E-state index >= 15 is 0 Å². The molecule has 4 heteroatoms.